The second-order valence-corrected chi connectivity index (χ2v) is 5.76. The Morgan fingerprint density at radius 3 is 2.32 bits per heavy atom. The molecule has 0 spiro atoms. The number of oxazole rings is 1. The van der Waals surface area contributed by atoms with Crippen molar-refractivity contribution in [3.8, 4) is 17.1 Å². The van der Waals surface area contributed by atoms with Crippen LogP contribution in [0.5, 0.6) is 0 Å². The van der Waals surface area contributed by atoms with Crippen LogP contribution in [0.15, 0.2) is 53.5 Å². The first-order chi connectivity index (χ1) is 13.1. The molecule has 0 N–H and O–H groups in total. The lowest BCUT2D eigenvalue weighted by atomic mass is 10.2. The van der Waals surface area contributed by atoms with Gasteiger partial charge in [0, 0.05) is 12.4 Å². The van der Waals surface area contributed by atoms with E-state index in [1.54, 1.807) is 0 Å². The van der Waals surface area contributed by atoms with E-state index < -0.39 is 23.5 Å². The van der Waals surface area contributed by atoms with Gasteiger partial charge in [-0.25, -0.2) is 9.67 Å². The summed E-state index contributed by atoms with van der Waals surface area (Å²) in [5.74, 6) is -0.0733. The van der Waals surface area contributed by atoms with Crippen molar-refractivity contribution in [1.29, 1.82) is 0 Å². The van der Waals surface area contributed by atoms with Crippen LogP contribution in [-0.2, 0) is 12.4 Å². The average molecular weight is 398 g/mol. The lowest BCUT2D eigenvalue weighted by Gasteiger charge is -2.06. The molecule has 3 heterocycles. The molecule has 0 aliphatic heterocycles. The first-order valence-corrected chi connectivity index (χ1v) is 7.67. The molecule has 0 atom stereocenters. The summed E-state index contributed by atoms with van der Waals surface area (Å²) < 4.78 is 83.5. The molecule has 0 aliphatic rings. The van der Waals surface area contributed by atoms with Gasteiger partial charge in [-0.1, -0.05) is 0 Å². The van der Waals surface area contributed by atoms with Crippen LogP contribution in [0.1, 0.15) is 11.1 Å². The summed E-state index contributed by atoms with van der Waals surface area (Å²) in [7, 11) is 0. The standard InChI is InChI=1S/C17H8F6N4O/c18-16(19,20)9-1-2-14-12(5-9)26-15(28-14)11-3-4-24-7-13(11)27-8-10(6-25-27)17(21,22)23/h1-8H. The molecular formula is C17H8F6N4O. The fourth-order valence-electron chi connectivity index (χ4n) is 2.57. The van der Waals surface area contributed by atoms with E-state index in [2.05, 4.69) is 15.1 Å². The normalized spacial score (nSPS) is 12.6. The van der Waals surface area contributed by atoms with Crippen molar-refractivity contribution in [3.63, 3.8) is 0 Å². The Morgan fingerprint density at radius 1 is 0.893 bits per heavy atom. The minimum Gasteiger partial charge on any atom is -0.436 e. The largest absolute Gasteiger partial charge is 0.436 e. The molecule has 0 fully saturated rings. The molecule has 0 saturated carbocycles. The number of rotatable bonds is 2. The summed E-state index contributed by atoms with van der Waals surface area (Å²) in [6, 6.07) is 4.23. The number of alkyl halides is 6. The maximum Gasteiger partial charge on any atom is 0.419 e. The lowest BCUT2D eigenvalue weighted by Crippen LogP contribution is -2.04. The Morgan fingerprint density at radius 2 is 1.64 bits per heavy atom. The minimum atomic E-state index is -4.58. The van der Waals surface area contributed by atoms with Gasteiger partial charge in [-0.2, -0.15) is 31.4 Å². The van der Waals surface area contributed by atoms with E-state index in [1.165, 1.54) is 18.5 Å². The van der Waals surface area contributed by atoms with Crippen molar-refractivity contribution in [2.24, 2.45) is 0 Å². The quantitative estimate of drug-likeness (QED) is 0.440. The van der Waals surface area contributed by atoms with Crippen molar-refractivity contribution in [2.45, 2.75) is 12.4 Å². The van der Waals surface area contributed by atoms with Crippen molar-refractivity contribution < 1.29 is 30.8 Å². The fraction of sp³-hybridized carbons (Fsp3) is 0.118. The predicted octanol–water partition coefficient (Wildman–Crippen LogP) is 5.11. The average Bonchev–Trinajstić information content (AvgIpc) is 3.27. The number of hydrogen-bond donors (Lipinski definition) is 0. The van der Waals surface area contributed by atoms with Gasteiger partial charge in [0.25, 0.3) is 0 Å². The molecule has 0 aliphatic carbocycles. The van der Waals surface area contributed by atoms with Crippen molar-refractivity contribution >= 4 is 11.1 Å². The van der Waals surface area contributed by atoms with Crippen LogP contribution in [0.25, 0.3) is 28.2 Å². The zero-order valence-electron chi connectivity index (χ0n) is 13.6. The highest BCUT2D eigenvalue weighted by atomic mass is 19.4. The maximum atomic E-state index is 12.9. The highest BCUT2D eigenvalue weighted by molar-refractivity contribution is 5.78. The van der Waals surface area contributed by atoms with Gasteiger partial charge in [-0.15, -0.1) is 0 Å². The molecule has 11 heteroatoms. The molecule has 0 unspecified atom stereocenters. The molecule has 0 amide bonds. The molecular weight excluding hydrogens is 390 g/mol. The third kappa shape index (κ3) is 3.19. The molecule has 0 bridgehead atoms. The summed E-state index contributed by atoms with van der Waals surface area (Å²) in [6.45, 7) is 0. The summed E-state index contributed by atoms with van der Waals surface area (Å²) in [5, 5.41) is 3.68. The van der Waals surface area contributed by atoms with Crippen LogP contribution in [-0.4, -0.2) is 19.7 Å². The van der Waals surface area contributed by atoms with Crippen LogP contribution >= 0.6 is 0 Å². The Labute approximate surface area is 152 Å². The van der Waals surface area contributed by atoms with Gasteiger partial charge in [0.05, 0.1) is 34.8 Å². The third-order valence-electron chi connectivity index (χ3n) is 3.90. The van der Waals surface area contributed by atoms with E-state index >= 15 is 0 Å². The summed E-state index contributed by atoms with van der Waals surface area (Å²) in [5.41, 5.74) is -1.45. The van der Waals surface area contributed by atoms with Gasteiger partial charge in [0.2, 0.25) is 5.89 Å². The molecule has 0 radical (unpaired) electrons. The highest BCUT2D eigenvalue weighted by Crippen LogP contribution is 2.34. The summed E-state index contributed by atoms with van der Waals surface area (Å²) in [4.78, 5) is 7.90. The topological polar surface area (TPSA) is 56.7 Å². The maximum absolute atomic E-state index is 12.9. The summed E-state index contributed by atoms with van der Waals surface area (Å²) in [6.07, 6.45) is -5.10. The van der Waals surface area contributed by atoms with Gasteiger partial charge in [0.15, 0.2) is 5.58 Å². The Kier molecular flexibility index (Phi) is 3.91. The van der Waals surface area contributed by atoms with Crippen molar-refractivity contribution in [2.75, 3.05) is 0 Å². The van der Waals surface area contributed by atoms with Crippen LogP contribution in [0.4, 0.5) is 26.3 Å². The number of pyridine rings is 1. The molecule has 3 aromatic heterocycles. The van der Waals surface area contributed by atoms with E-state index in [0.717, 1.165) is 29.1 Å². The molecule has 144 valence electrons. The number of nitrogens with zero attached hydrogens (tertiary/aromatic N) is 4. The Balaban J connectivity index is 1.81. The van der Waals surface area contributed by atoms with Gasteiger partial charge in [0.1, 0.15) is 5.52 Å². The highest BCUT2D eigenvalue weighted by Gasteiger charge is 2.33. The Hall–Kier alpha value is -3.37. The molecule has 4 aromatic rings. The molecule has 5 nitrogen and oxygen atoms in total. The molecule has 28 heavy (non-hydrogen) atoms. The second kappa shape index (κ2) is 6.08. The van der Waals surface area contributed by atoms with E-state index in [-0.39, 0.29) is 28.2 Å². The van der Waals surface area contributed by atoms with Gasteiger partial charge in [-0.05, 0) is 24.3 Å². The number of halogens is 6. The van der Waals surface area contributed by atoms with Crippen LogP contribution < -0.4 is 0 Å². The van der Waals surface area contributed by atoms with Gasteiger partial charge < -0.3 is 4.42 Å². The van der Waals surface area contributed by atoms with Gasteiger partial charge >= 0.3 is 12.4 Å². The van der Waals surface area contributed by atoms with E-state index in [0.29, 0.717) is 6.20 Å². The van der Waals surface area contributed by atoms with E-state index in [9.17, 15) is 26.3 Å². The van der Waals surface area contributed by atoms with Gasteiger partial charge in [-0.3, -0.25) is 4.98 Å². The van der Waals surface area contributed by atoms with E-state index in [4.69, 9.17) is 4.42 Å². The Bertz CT molecular complexity index is 1160. The van der Waals surface area contributed by atoms with E-state index in [1.807, 2.05) is 0 Å². The van der Waals surface area contributed by atoms with Crippen LogP contribution in [0, 0.1) is 0 Å². The van der Waals surface area contributed by atoms with Crippen molar-refractivity contribution in [1.82, 2.24) is 19.7 Å². The molecule has 0 saturated heterocycles. The third-order valence-corrected chi connectivity index (χ3v) is 3.90. The smallest absolute Gasteiger partial charge is 0.419 e. The second-order valence-electron chi connectivity index (χ2n) is 5.76. The first-order valence-electron chi connectivity index (χ1n) is 7.67. The monoisotopic (exact) mass is 398 g/mol. The zero-order chi connectivity index (χ0) is 20.1. The van der Waals surface area contributed by atoms with Crippen LogP contribution in [0.2, 0.25) is 0 Å². The molecule has 1 aromatic carbocycles. The minimum absolute atomic E-state index is 0.0379. The first kappa shape index (κ1) is 18.0. The zero-order valence-corrected chi connectivity index (χ0v) is 13.6. The lowest BCUT2D eigenvalue weighted by molar-refractivity contribution is -0.138. The number of benzene rings is 1. The fourth-order valence-corrected chi connectivity index (χ4v) is 2.57. The SMILES string of the molecule is FC(F)(F)c1ccc2oc(-c3ccncc3-n3cc(C(F)(F)F)cn3)nc2c1. The number of aromatic nitrogens is 4. The summed E-state index contributed by atoms with van der Waals surface area (Å²) >= 11 is 0. The van der Waals surface area contributed by atoms with Crippen molar-refractivity contribution in [3.05, 3.63) is 60.2 Å². The number of hydrogen-bond acceptors (Lipinski definition) is 4. The predicted molar refractivity (Wildman–Crippen MR) is 84.4 cm³/mol. The number of fused-ring (bicyclic) bond motifs is 1. The molecule has 4 rings (SSSR count). The van der Waals surface area contributed by atoms with Crippen LogP contribution in [0.3, 0.4) is 0 Å².